The molecule has 3 nitrogen and oxygen atoms in total. The van der Waals surface area contributed by atoms with Crippen molar-refractivity contribution in [1.82, 2.24) is 10.6 Å². The van der Waals surface area contributed by atoms with E-state index in [2.05, 4.69) is 10.6 Å². The maximum Gasteiger partial charge on any atom is 0.243 e. The van der Waals surface area contributed by atoms with E-state index < -0.39 is 0 Å². The van der Waals surface area contributed by atoms with Gasteiger partial charge in [-0.1, -0.05) is 0 Å². The fourth-order valence-corrected chi connectivity index (χ4v) is 0.498. The van der Waals surface area contributed by atoms with Crippen LogP contribution in [0.25, 0.3) is 0 Å². The van der Waals surface area contributed by atoms with Crippen molar-refractivity contribution in [3.63, 3.8) is 0 Å². The zero-order chi connectivity index (χ0) is 5.11. The summed E-state index contributed by atoms with van der Waals surface area (Å²) in [6.45, 7) is 1.31. The number of hydrogen-bond acceptors (Lipinski definition) is 2. The van der Waals surface area contributed by atoms with Crippen LogP contribution in [0.4, 0.5) is 0 Å². The van der Waals surface area contributed by atoms with Gasteiger partial charge < -0.3 is 0 Å². The van der Waals surface area contributed by atoms with Crippen LogP contribution < -0.4 is 10.6 Å². The average Bonchev–Trinajstić information content (AvgIpc) is 1.69. The maximum absolute atomic E-state index is 10.3. The lowest BCUT2D eigenvalue weighted by Crippen LogP contribution is -2.36. The second-order valence-corrected chi connectivity index (χ2v) is 1.46. The maximum atomic E-state index is 10.3. The van der Waals surface area contributed by atoms with E-state index in [-0.39, 0.29) is 5.91 Å². The normalized spacial score (nSPS) is 21.4. The van der Waals surface area contributed by atoms with Crippen LogP contribution in [0.15, 0.2) is 0 Å². The fourth-order valence-electron chi connectivity index (χ4n) is 0.498. The fraction of sp³-hybridized carbons (Fsp3) is 0.750. The molecule has 39 valence electrons. The topological polar surface area (TPSA) is 43.2 Å². The predicted molar refractivity (Wildman–Crippen MR) is 24.6 cm³/mol. The molecule has 1 radical (unpaired) electrons. The minimum Gasteiger partial charge on any atom is -0.298 e. The Balaban J connectivity index is 2.25. The van der Waals surface area contributed by atoms with Crippen molar-refractivity contribution in [3.8, 4) is 0 Å². The molecule has 1 saturated heterocycles. The predicted octanol–water partition coefficient (Wildman–Crippen LogP) is -0.932. The number of carbonyl (C=O) groups excluding carboxylic acids is 1. The molecule has 1 heterocycles. The molecular weight excluding hydrogens is 92.1 g/mol. The summed E-state index contributed by atoms with van der Waals surface area (Å²) < 4.78 is 0. The zero-order valence-electron chi connectivity index (χ0n) is 3.98. The first-order chi connectivity index (χ1) is 3.39. The lowest BCUT2D eigenvalue weighted by atomic mass is 10.4. The van der Waals surface area contributed by atoms with Crippen molar-refractivity contribution < 1.29 is 4.79 Å². The molecule has 0 saturated carbocycles. The molecule has 1 aliphatic rings. The van der Waals surface area contributed by atoms with Gasteiger partial charge in [-0.05, 0) is 0 Å². The lowest BCUT2D eigenvalue weighted by Gasteiger charge is -2.08. The van der Waals surface area contributed by atoms with Gasteiger partial charge in [0.2, 0.25) is 5.91 Å². The molecule has 0 aromatic heterocycles. The van der Waals surface area contributed by atoms with Gasteiger partial charge >= 0.3 is 0 Å². The van der Waals surface area contributed by atoms with Gasteiger partial charge in [-0.3, -0.25) is 10.1 Å². The van der Waals surface area contributed by atoms with Gasteiger partial charge in [0.05, 0.1) is 6.67 Å². The molecule has 0 spiro atoms. The third-order valence-corrected chi connectivity index (χ3v) is 0.883. The number of carbonyl (C=O) groups is 1. The number of amides is 1. The Kier molecular flexibility index (Phi) is 1.26. The van der Waals surface area contributed by atoms with Crippen LogP contribution in [0.2, 0.25) is 0 Å². The summed E-state index contributed by atoms with van der Waals surface area (Å²) in [7, 11) is 0. The minimum absolute atomic E-state index is 0.0266. The smallest absolute Gasteiger partial charge is 0.243 e. The summed E-state index contributed by atoms with van der Waals surface area (Å²) in [5.74, 6) is 0.0266. The molecule has 0 unspecified atom stereocenters. The highest BCUT2D eigenvalue weighted by atomic mass is 16.1. The van der Waals surface area contributed by atoms with Crippen LogP contribution in [0.5, 0.6) is 0 Å². The monoisotopic (exact) mass is 99.1 g/mol. The standard InChI is InChI=1S/C4H7N2O/c7-4-1-2-5-3-6-4/h5H,1-3H2. The van der Waals surface area contributed by atoms with Crippen molar-refractivity contribution in [2.24, 2.45) is 0 Å². The lowest BCUT2D eigenvalue weighted by molar-refractivity contribution is -0.122. The third kappa shape index (κ3) is 1.16. The summed E-state index contributed by atoms with van der Waals surface area (Å²) in [6.07, 6.45) is 0.569. The van der Waals surface area contributed by atoms with E-state index in [0.717, 1.165) is 6.54 Å². The summed E-state index contributed by atoms with van der Waals surface area (Å²) in [6, 6.07) is 0. The van der Waals surface area contributed by atoms with Crippen molar-refractivity contribution in [1.29, 1.82) is 0 Å². The van der Waals surface area contributed by atoms with E-state index >= 15 is 0 Å². The summed E-state index contributed by atoms with van der Waals surface area (Å²) in [5, 5.41) is 6.51. The second-order valence-electron chi connectivity index (χ2n) is 1.46. The van der Waals surface area contributed by atoms with E-state index in [0.29, 0.717) is 13.1 Å². The molecule has 1 aliphatic heterocycles. The molecular formula is C4H7N2O. The molecule has 1 fully saturated rings. The molecule has 0 atom stereocenters. The Morgan fingerprint density at radius 3 is 2.86 bits per heavy atom. The van der Waals surface area contributed by atoms with E-state index in [1.807, 2.05) is 0 Å². The number of nitrogens with one attached hydrogen (secondary N) is 1. The second kappa shape index (κ2) is 1.93. The van der Waals surface area contributed by atoms with E-state index in [1.54, 1.807) is 0 Å². The molecule has 7 heavy (non-hydrogen) atoms. The van der Waals surface area contributed by atoms with Gasteiger partial charge in [0.25, 0.3) is 0 Å². The van der Waals surface area contributed by atoms with Crippen LogP contribution in [0.3, 0.4) is 0 Å². The molecule has 0 aromatic carbocycles. The van der Waals surface area contributed by atoms with E-state index in [9.17, 15) is 4.79 Å². The molecule has 1 N–H and O–H groups in total. The summed E-state index contributed by atoms with van der Waals surface area (Å²) >= 11 is 0. The van der Waals surface area contributed by atoms with Gasteiger partial charge in [-0.2, -0.15) is 0 Å². The number of rotatable bonds is 0. The molecule has 0 bridgehead atoms. The molecule has 1 amide bonds. The SMILES string of the molecule is O=C1CCNC[N]1. The van der Waals surface area contributed by atoms with Crippen LogP contribution in [0, 0.1) is 0 Å². The Bertz CT molecular complexity index is 73.8. The van der Waals surface area contributed by atoms with Crippen LogP contribution in [-0.4, -0.2) is 19.1 Å². The number of nitrogens with zero attached hydrogens (tertiary/aromatic N) is 1. The first-order valence-electron chi connectivity index (χ1n) is 2.30. The first kappa shape index (κ1) is 4.59. The zero-order valence-corrected chi connectivity index (χ0v) is 3.98. The highest BCUT2D eigenvalue weighted by molar-refractivity contribution is 5.76. The van der Waals surface area contributed by atoms with Crippen molar-refractivity contribution in [2.45, 2.75) is 6.42 Å². The Labute approximate surface area is 42.1 Å². The largest absolute Gasteiger partial charge is 0.298 e. The quantitative estimate of drug-likeness (QED) is 0.426. The third-order valence-electron chi connectivity index (χ3n) is 0.883. The van der Waals surface area contributed by atoms with Crippen molar-refractivity contribution in [2.75, 3.05) is 13.2 Å². The number of hydrogen-bond donors (Lipinski definition) is 1. The summed E-state index contributed by atoms with van der Waals surface area (Å²) in [4.78, 5) is 10.3. The minimum atomic E-state index is 0.0266. The van der Waals surface area contributed by atoms with Gasteiger partial charge in [0.15, 0.2) is 0 Å². The first-order valence-corrected chi connectivity index (χ1v) is 2.30. The van der Waals surface area contributed by atoms with Crippen molar-refractivity contribution in [3.05, 3.63) is 0 Å². The van der Waals surface area contributed by atoms with Gasteiger partial charge in [0, 0.05) is 13.0 Å². The van der Waals surface area contributed by atoms with E-state index in [1.165, 1.54) is 0 Å². The highest BCUT2D eigenvalue weighted by Gasteiger charge is 2.05. The Hall–Kier alpha value is -0.570. The van der Waals surface area contributed by atoms with E-state index in [4.69, 9.17) is 0 Å². The van der Waals surface area contributed by atoms with Gasteiger partial charge in [0.1, 0.15) is 0 Å². The molecule has 0 aliphatic carbocycles. The summed E-state index contributed by atoms with van der Waals surface area (Å²) in [5.41, 5.74) is 0. The highest BCUT2D eigenvalue weighted by Crippen LogP contribution is 1.81. The Morgan fingerprint density at radius 1 is 1.71 bits per heavy atom. The van der Waals surface area contributed by atoms with Crippen molar-refractivity contribution >= 4 is 5.91 Å². The molecule has 0 aromatic rings. The van der Waals surface area contributed by atoms with Crippen LogP contribution in [0.1, 0.15) is 6.42 Å². The van der Waals surface area contributed by atoms with Gasteiger partial charge in [-0.25, -0.2) is 5.32 Å². The van der Waals surface area contributed by atoms with Gasteiger partial charge in [-0.15, -0.1) is 0 Å². The Morgan fingerprint density at radius 2 is 2.57 bits per heavy atom. The molecule has 1 rings (SSSR count). The van der Waals surface area contributed by atoms with Crippen LogP contribution >= 0.6 is 0 Å². The van der Waals surface area contributed by atoms with Crippen LogP contribution in [-0.2, 0) is 4.79 Å². The molecule has 3 heteroatoms. The average molecular weight is 99.1 g/mol.